The number of hydrogen-bond acceptors (Lipinski definition) is 4. The van der Waals surface area contributed by atoms with E-state index in [-0.39, 0.29) is 17.9 Å². The number of hydrogen-bond donors (Lipinski definition) is 1. The van der Waals surface area contributed by atoms with E-state index < -0.39 is 0 Å². The number of amides is 1. The normalized spacial score (nSPS) is 11.6. The smallest absolute Gasteiger partial charge is 0.236 e. The van der Waals surface area contributed by atoms with Crippen molar-refractivity contribution in [1.29, 1.82) is 0 Å². The van der Waals surface area contributed by atoms with Crippen LogP contribution in [0.4, 0.5) is 0 Å². The fourth-order valence-electron chi connectivity index (χ4n) is 2.36. The van der Waals surface area contributed by atoms with Gasteiger partial charge in [-0.15, -0.1) is 11.3 Å². The Kier molecular flexibility index (Phi) is 4.83. The van der Waals surface area contributed by atoms with Crippen LogP contribution in [0, 0.1) is 6.92 Å². The molecule has 0 aliphatic carbocycles. The number of carbonyl (C=O) groups excluding carboxylic acids is 1. The van der Waals surface area contributed by atoms with Gasteiger partial charge in [-0.3, -0.25) is 4.79 Å². The summed E-state index contributed by atoms with van der Waals surface area (Å²) < 4.78 is 5.66. The highest BCUT2D eigenvalue weighted by atomic mass is 32.1. The second-order valence-corrected chi connectivity index (χ2v) is 6.81. The molecule has 5 heteroatoms. The van der Waals surface area contributed by atoms with Gasteiger partial charge in [-0.25, -0.2) is 4.98 Å². The molecule has 0 bridgehead atoms. The molecule has 0 unspecified atom stereocenters. The molecule has 2 heterocycles. The van der Waals surface area contributed by atoms with Crippen molar-refractivity contribution in [2.45, 2.75) is 52.5 Å². The molecule has 1 amide bonds. The second-order valence-electron chi connectivity index (χ2n) is 5.86. The van der Waals surface area contributed by atoms with Crippen LogP contribution >= 0.6 is 11.3 Å². The minimum Gasteiger partial charge on any atom is -0.440 e. The second kappa shape index (κ2) is 6.43. The Bertz CT molecular complexity index is 600. The first-order chi connectivity index (χ1) is 9.91. The van der Waals surface area contributed by atoms with Gasteiger partial charge in [0.25, 0.3) is 0 Å². The van der Waals surface area contributed by atoms with Gasteiger partial charge >= 0.3 is 0 Å². The van der Waals surface area contributed by atoms with Crippen LogP contribution in [0.5, 0.6) is 0 Å². The first-order valence-corrected chi connectivity index (χ1v) is 8.10. The molecule has 114 valence electrons. The summed E-state index contributed by atoms with van der Waals surface area (Å²) in [6, 6.07) is 3.92. The van der Waals surface area contributed by atoms with Crippen molar-refractivity contribution in [1.82, 2.24) is 10.3 Å². The van der Waals surface area contributed by atoms with Gasteiger partial charge in [0.1, 0.15) is 5.76 Å². The van der Waals surface area contributed by atoms with Crippen LogP contribution in [0.3, 0.4) is 0 Å². The van der Waals surface area contributed by atoms with Gasteiger partial charge in [0.05, 0.1) is 17.0 Å². The first-order valence-electron chi connectivity index (χ1n) is 7.22. The zero-order valence-electron chi connectivity index (χ0n) is 13.0. The molecule has 21 heavy (non-hydrogen) atoms. The topological polar surface area (TPSA) is 55.1 Å². The van der Waals surface area contributed by atoms with Gasteiger partial charge in [-0.2, -0.15) is 0 Å². The van der Waals surface area contributed by atoms with Crippen LogP contribution in [-0.4, -0.2) is 16.4 Å². The van der Waals surface area contributed by atoms with Crippen LogP contribution in [-0.2, 0) is 11.2 Å². The van der Waals surface area contributed by atoms with E-state index in [1.165, 1.54) is 0 Å². The van der Waals surface area contributed by atoms with E-state index in [1.54, 1.807) is 11.3 Å². The maximum atomic E-state index is 12.2. The molecule has 0 aliphatic heterocycles. The molecule has 4 nitrogen and oxygen atoms in total. The zero-order chi connectivity index (χ0) is 15.5. The maximum absolute atomic E-state index is 12.2. The highest BCUT2D eigenvalue weighted by molar-refractivity contribution is 7.13. The predicted octanol–water partition coefficient (Wildman–Crippen LogP) is 3.95. The molecule has 2 aromatic rings. The van der Waals surface area contributed by atoms with Crippen molar-refractivity contribution in [3.05, 3.63) is 29.0 Å². The number of aromatic nitrogens is 1. The molecule has 0 fully saturated rings. The molecule has 2 aromatic heterocycles. The standard InChI is InChI=1S/C16H22N2O2S/c1-5-8-16(3,4)18-14(19)10-12-11(2)20-15(17-12)13-7-6-9-21-13/h6-7,9H,5,8,10H2,1-4H3,(H,18,19). The summed E-state index contributed by atoms with van der Waals surface area (Å²) in [7, 11) is 0. The molecule has 1 N–H and O–H groups in total. The zero-order valence-corrected chi connectivity index (χ0v) is 13.8. The molecule has 0 radical (unpaired) electrons. The molecule has 0 saturated carbocycles. The summed E-state index contributed by atoms with van der Waals surface area (Å²) in [6.45, 7) is 8.05. The molecular weight excluding hydrogens is 284 g/mol. The molecule has 0 spiro atoms. The van der Waals surface area contributed by atoms with E-state index in [4.69, 9.17) is 4.42 Å². The maximum Gasteiger partial charge on any atom is 0.236 e. The van der Waals surface area contributed by atoms with Gasteiger partial charge in [-0.1, -0.05) is 19.4 Å². The summed E-state index contributed by atoms with van der Waals surface area (Å²) in [5, 5.41) is 5.04. The van der Waals surface area contributed by atoms with Crippen LogP contribution in [0.15, 0.2) is 21.9 Å². The summed E-state index contributed by atoms with van der Waals surface area (Å²) in [5.74, 6) is 1.29. The van der Waals surface area contributed by atoms with Crippen molar-refractivity contribution < 1.29 is 9.21 Å². The van der Waals surface area contributed by atoms with Gasteiger partial charge < -0.3 is 9.73 Å². The van der Waals surface area contributed by atoms with Gasteiger partial charge in [0.2, 0.25) is 11.8 Å². The molecule has 0 saturated heterocycles. The van der Waals surface area contributed by atoms with Crippen molar-refractivity contribution in [3.63, 3.8) is 0 Å². The van der Waals surface area contributed by atoms with Crippen LogP contribution in [0.1, 0.15) is 45.1 Å². The summed E-state index contributed by atoms with van der Waals surface area (Å²) in [5.41, 5.74) is 0.531. The van der Waals surface area contributed by atoms with E-state index in [0.29, 0.717) is 17.3 Å². The van der Waals surface area contributed by atoms with E-state index in [2.05, 4.69) is 17.2 Å². The number of oxazole rings is 1. The fraction of sp³-hybridized carbons (Fsp3) is 0.500. The van der Waals surface area contributed by atoms with Gasteiger partial charge in [0.15, 0.2) is 0 Å². The van der Waals surface area contributed by atoms with Crippen LogP contribution < -0.4 is 5.32 Å². The van der Waals surface area contributed by atoms with E-state index in [9.17, 15) is 4.79 Å². The SMILES string of the molecule is CCCC(C)(C)NC(=O)Cc1nc(-c2cccs2)oc1C. The Labute approximate surface area is 129 Å². The number of aryl methyl sites for hydroxylation is 1. The summed E-state index contributed by atoms with van der Waals surface area (Å²) in [6.07, 6.45) is 2.25. The molecule has 2 rings (SSSR count). The average Bonchev–Trinajstić information content (AvgIpc) is 2.98. The lowest BCUT2D eigenvalue weighted by molar-refractivity contribution is -0.122. The lowest BCUT2D eigenvalue weighted by Gasteiger charge is -2.25. The summed E-state index contributed by atoms with van der Waals surface area (Å²) in [4.78, 5) is 17.6. The number of nitrogens with zero attached hydrogens (tertiary/aromatic N) is 1. The number of carbonyl (C=O) groups is 1. The Balaban J connectivity index is 2.05. The van der Waals surface area contributed by atoms with Crippen molar-refractivity contribution in [2.75, 3.05) is 0 Å². The summed E-state index contributed by atoms with van der Waals surface area (Å²) >= 11 is 1.58. The average molecular weight is 306 g/mol. The monoisotopic (exact) mass is 306 g/mol. The van der Waals surface area contributed by atoms with Gasteiger partial charge in [0, 0.05) is 5.54 Å². The third-order valence-corrected chi connectivity index (χ3v) is 4.16. The van der Waals surface area contributed by atoms with Crippen molar-refractivity contribution in [2.24, 2.45) is 0 Å². The Hall–Kier alpha value is -1.62. The minimum absolute atomic E-state index is 0.0115. The van der Waals surface area contributed by atoms with Crippen LogP contribution in [0.25, 0.3) is 10.8 Å². The highest BCUT2D eigenvalue weighted by Crippen LogP contribution is 2.26. The highest BCUT2D eigenvalue weighted by Gasteiger charge is 2.21. The van der Waals surface area contributed by atoms with Crippen LogP contribution in [0.2, 0.25) is 0 Å². The lowest BCUT2D eigenvalue weighted by Crippen LogP contribution is -2.44. The van der Waals surface area contributed by atoms with Crippen molar-refractivity contribution >= 4 is 17.2 Å². The third kappa shape index (κ3) is 4.17. The van der Waals surface area contributed by atoms with E-state index >= 15 is 0 Å². The molecule has 0 aliphatic rings. The quantitative estimate of drug-likeness (QED) is 0.879. The third-order valence-electron chi connectivity index (χ3n) is 3.31. The van der Waals surface area contributed by atoms with Gasteiger partial charge in [-0.05, 0) is 38.6 Å². The largest absolute Gasteiger partial charge is 0.440 e. The van der Waals surface area contributed by atoms with Crippen molar-refractivity contribution in [3.8, 4) is 10.8 Å². The van der Waals surface area contributed by atoms with E-state index in [1.807, 2.05) is 38.3 Å². The first kappa shape index (κ1) is 15.8. The fourth-order valence-corrected chi connectivity index (χ4v) is 3.01. The number of rotatable bonds is 6. The lowest BCUT2D eigenvalue weighted by atomic mass is 9.98. The Morgan fingerprint density at radius 1 is 1.48 bits per heavy atom. The number of nitrogens with one attached hydrogen (secondary N) is 1. The number of thiophene rings is 1. The molecular formula is C16H22N2O2S. The predicted molar refractivity (Wildman–Crippen MR) is 85.4 cm³/mol. The Morgan fingerprint density at radius 3 is 2.86 bits per heavy atom. The molecule has 0 atom stereocenters. The molecule has 0 aromatic carbocycles. The Morgan fingerprint density at radius 2 is 2.24 bits per heavy atom. The minimum atomic E-state index is -0.181. The van der Waals surface area contributed by atoms with E-state index in [0.717, 1.165) is 17.7 Å².